The van der Waals surface area contributed by atoms with Crippen molar-refractivity contribution in [3.8, 4) is 0 Å². The molecule has 3 heteroatoms. The monoisotopic (exact) mass is 426 g/mol. The zero-order chi connectivity index (χ0) is 22.4. The summed E-state index contributed by atoms with van der Waals surface area (Å²) in [6.45, 7) is 11.4. The molecule has 0 unspecified atom stereocenters. The van der Waals surface area contributed by atoms with E-state index >= 15 is 0 Å². The van der Waals surface area contributed by atoms with Gasteiger partial charge in [0.15, 0.2) is 0 Å². The number of rotatable bonds is 5. The summed E-state index contributed by atoms with van der Waals surface area (Å²) in [5, 5.41) is 30.5. The first kappa shape index (κ1) is 23.0. The van der Waals surface area contributed by atoms with Crippen molar-refractivity contribution in [2.24, 2.45) is 28.6 Å². The molecule has 0 amide bonds. The zero-order valence-corrected chi connectivity index (χ0v) is 19.7. The van der Waals surface area contributed by atoms with Crippen molar-refractivity contribution in [2.75, 3.05) is 0 Å². The molecule has 4 fully saturated rings. The van der Waals surface area contributed by atoms with E-state index in [2.05, 4.69) is 51.7 Å². The van der Waals surface area contributed by atoms with Crippen LogP contribution >= 0.6 is 0 Å². The zero-order valence-electron chi connectivity index (χ0n) is 19.7. The number of fused-ring (bicyclic) bond motifs is 1. The van der Waals surface area contributed by atoms with Crippen LogP contribution < -0.4 is 0 Å². The van der Waals surface area contributed by atoms with Gasteiger partial charge in [-0.25, -0.2) is 0 Å². The third-order valence-electron chi connectivity index (χ3n) is 9.49. The van der Waals surface area contributed by atoms with Gasteiger partial charge in [-0.15, -0.1) is 0 Å². The highest BCUT2D eigenvalue weighted by Crippen LogP contribution is 2.66. The van der Waals surface area contributed by atoms with Crippen LogP contribution in [0.15, 0.2) is 47.6 Å². The lowest BCUT2D eigenvalue weighted by Crippen LogP contribution is -2.42. The molecule has 0 aromatic heterocycles. The molecular weight excluding hydrogens is 384 g/mol. The molecule has 4 saturated carbocycles. The minimum atomic E-state index is -0.630. The molecule has 0 aromatic rings. The summed E-state index contributed by atoms with van der Waals surface area (Å²) in [6.07, 6.45) is 16.8. The van der Waals surface area contributed by atoms with Crippen molar-refractivity contribution in [3.63, 3.8) is 0 Å². The maximum atomic E-state index is 10.3. The average Bonchev–Trinajstić information content (AvgIpc) is 3.52. The Balaban J connectivity index is 1.54. The summed E-state index contributed by atoms with van der Waals surface area (Å²) in [5.41, 5.74) is 3.72. The first-order valence-corrected chi connectivity index (χ1v) is 12.5. The first-order valence-electron chi connectivity index (χ1n) is 12.5. The van der Waals surface area contributed by atoms with Crippen LogP contribution in [0.3, 0.4) is 0 Å². The van der Waals surface area contributed by atoms with E-state index in [1.165, 1.54) is 44.1 Å². The molecular formula is C28H42O3. The van der Waals surface area contributed by atoms with Crippen molar-refractivity contribution in [1.29, 1.82) is 0 Å². The second-order valence-corrected chi connectivity index (χ2v) is 11.3. The fourth-order valence-electron chi connectivity index (χ4n) is 6.96. The fraction of sp³-hybridized carbons (Fsp3) is 0.714. The molecule has 0 saturated heterocycles. The Hall–Kier alpha value is -1.16. The highest BCUT2D eigenvalue weighted by Gasteiger charge is 2.57. The fourth-order valence-corrected chi connectivity index (χ4v) is 6.96. The Morgan fingerprint density at radius 1 is 1.06 bits per heavy atom. The number of allylic oxidation sites excluding steroid dienone is 4. The van der Waals surface area contributed by atoms with E-state index in [0.717, 1.165) is 17.6 Å². The van der Waals surface area contributed by atoms with Crippen molar-refractivity contribution in [2.45, 2.75) is 96.9 Å². The van der Waals surface area contributed by atoms with Gasteiger partial charge in [0, 0.05) is 6.42 Å². The summed E-state index contributed by atoms with van der Waals surface area (Å²) in [5.74, 6) is 1.60. The van der Waals surface area contributed by atoms with Gasteiger partial charge in [-0.05, 0) is 91.1 Å². The topological polar surface area (TPSA) is 60.7 Å². The SMILES string of the molecule is C=C1/C(=C\C=C2\CCC[C@]3(C)[C@H]([C@H](C)/C=C/[C@@H](O)C4CC4)CC[C@@]23C)C[C@H](O)C[C@@H]1O. The van der Waals surface area contributed by atoms with Gasteiger partial charge >= 0.3 is 0 Å². The highest BCUT2D eigenvalue weighted by molar-refractivity contribution is 5.39. The Labute approximate surface area is 188 Å². The molecule has 0 radical (unpaired) electrons. The molecule has 31 heavy (non-hydrogen) atoms. The quantitative estimate of drug-likeness (QED) is 0.510. The van der Waals surface area contributed by atoms with Gasteiger partial charge in [0.1, 0.15) is 0 Å². The predicted octanol–water partition coefficient (Wildman–Crippen LogP) is 5.48. The van der Waals surface area contributed by atoms with E-state index in [9.17, 15) is 15.3 Å². The minimum Gasteiger partial charge on any atom is -0.393 e. The van der Waals surface area contributed by atoms with E-state index in [4.69, 9.17) is 0 Å². The first-order chi connectivity index (χ1) is 14.7. The van der Waals surface area contributed by atoms with E-state index in [0.29, 0.717) is 30.6 Å². The largest absolute Gasteiger partial charge is 0.393 e. The molecule has 4 rings (SSSR count). The molecule has 172 valence electrons. The van der Waals surface area contributed by atoms with Gasteiger partial charge in [0.05, 0.1) is 18.3 Å². The molecule has 7 atom stereocenters. The van der Waals surface area contributed by atoms with Crippen LogP contribution in [0.5, 0.6) is 0 Å². The van der Waals surface area contributed by atoms with Crippen LogP contribution in [-0.2, 0) is 0 Å². The predicted molar refractivity (Wildman–Crippen MR) is 126 cm³/mol. The van der Waals surface area contributed by atoms with Gasteiger partial charge in [-0.1, -0.05) is 57.2 Å². The summed E-state index contributed by atoms with van der Waals surface area (Å²) in [4.78, 5) is 0. The highest BCUT2D eigenvalue weighted by atomic mass is 16.3. The number of aliphatic hydroxyl groups is 3. The Morgan fingerprint density at radius 3 is 2.52 bits per heavy atom. The molecule has 3 nitrogen and oxygen atoms in total. The van der Waals surface area contributed by atoms with Crippen LogP contribution in [-0.4, -0.2) is 33.6 Å². The molecule has 4 aliphatic carbocycles. The molecule has 0 aliphatic heterocycles. The van der Waals surface area contributed by atoms with Crippen molar-refractivity contribution in [1.82, 2.24) is 0 Å². The van der Waals surface area contributed by atoms with Crippen molar-refractivity contribution in [3.05, 3.63) is 47.6 Å². The van der Waals surface area contributed by atoms with Gasteiger partial charge in [0.2, 0.25) is 0 Å². The molecule has 0 heterocycles. The normalized spacial score (nSPS) is 43.5. The van der Waals surface area contributed by atoms with Gasteiger partial charge in [-0.3, -0.25) is 0 Å². The number of aliphatic hydroxyl groups excluding tert-OH is 3. The van der Waals surface area contributed by atoms with E-state index < -0.39 is 12.2 Å². The van der Waals surface area contributed by atoms with E-state index in [1.54, 1.807) is 0 Å². The van der Waals surface area contributed by atoms with Crippen LogP contribution in [0, 0.1) is 28.6 Å². The number of hydrogen-bond acceptors (Lipinski definition) is 3. The second kappa shape index (κ2) is 8.65. The van der Waals surface area contributed by atoms with Crippen LogP contribution in [0.1, 0.15) is 78.6 Å². The van der Waals surface area contributed by atoms with E-state index in [1.807, 2.05) is 0 Å². The third-order valence-corrected chi connectivity index (χ3v) is 9.49. The van der Waals surface area contributed by atoms with Crippen molar-refractivity contribution < 1.29 is 15.3 Å². The average molecular weight is 427 g/mol. The van der Waals surface area contributed by atoms with Gasteiger partial charge < -0.3 is 15.3 Å². The molecule has 0 aromatic carbocycles. The van der Waals surface area contributed by atoms with Crippen LogP contribution in [0.4, 0.5) is 0 Å². The lowest BCUT2D eigenvalue weighted by Gasteiger charge is -2.51. The molecule has 3 N–H and O–H groups in total. The summed E-state index contributed by atoms with van der Waals surface area (Å²) in [6, 6.07) is 0. The Morgan fingerprint density at radius 2 is 1.81 bits per heavy atom. The molecule has 0 bridgehead atoms. The standard InChI is InChI=1S/C28H42O3/c1-18(7-12-25(30)20-8-9-20)24-13-15-27(3)22(6-5-14-28(24,27)4)11-10-21-16-23(29)17-26(31)19(21)2/h7,10-12,18,20,23-26,29-31H,2,5-6,8-9,13-17H2,1,3-4H3/b12-7+,21-10-,22-11-/t18-,23+,24+,25-,26+,27+,28-/m1/s1. The smallest absolute Gasteiger partial charge is 0.0811 e. The van der Waals surface area contributed by atoms with Crippen LogP contribution in [0.25, 0.3) is 0 Å². The maximum Gasteiger partial charge on any atom is 0.0811 e. The van der Waals surface area contributed by atoms with Gasteiger partial charge in [0.25, 0.3) is 0 Å². The number of hydrogen-bond donors (Lipinski definition) is 3. The van der Waals surface area contributed by atoms with Crippen molar-refractivity contribution >= 4 is 0 Å². The Kier molecular flexibility index (Phi) is 6.42. The summed E-state index contributed by atoms with van der Waals surface area (Å²) in [7, 11) is 0. The lowest BCUT2D eigenvalue weighted by atomic mass is 9.53. The second-order valence-electron chi connectivity index (χ2n) is 11.3. The Bertz CT molecular complexity index is 788. The molecule has 0 spiro atoms. The lowest BCUT2D eigenvalue weighted by molar-refractivity contribution is 0.0455. The van der Waals surface area contributed by atoms with E-state index in [-0.39, 0.29) is 16.9 Å². The van der Waals surface area contributed by atoms with Gasteiger partial charge in [-0.2, -0.15) is 0 Å². The van der Waals surface area contributed by atoms with Crippen LogP contribution in [0.2, 0.25) is 0 Å². The molecule has 4 aliphatic rings. The third kappa shape index (κ3) is 4.26. The summed E-state index contributed by atoms with van der Waals surface area (Å²) >= 11 is 0. The minimum absolute atomic E-state index is 0.178. The maximum absolute atomic E-state index is 10.3. The summed E-state index contributed by atoms with van der Waals surface area (Å²) < 4.78 is 0.